The maximum atomic E-state index is 13.0. The van der Waals surface area contributed by atoms with E-state index in [9.17, 15) is 4.39 Å². The molecule has 82 valence electrons. The minimum absolute atomic E-state index is 0.200. The van der Waals surface area contributed by atoms with E-state index in [1.54, 1.807) is 0 Å². The van der Waals surface area contributed by atoms with Crippen molar-refractivity contribution in [3.63, 3.8) is 0 Å². The van der Waals surface area contributed by atoms with Gasteiger partial charge in [0.25, 0.3) is 0 Å². The molecule has 1 aliphatic rings. The lowest BCUT2D eigenvalue weighted by atomic mass is 9.65. The van der Waals surface area contributed by atoms with Gasteiger partial charge in [0.2, 0.25) is 0 Å². The standard InChI is InChI=1S/C12H15BrFN/c13-10-6-9(2-3-11(10)14)7-12(8-15)4-1-5-12/h2-3,6H,1,4-5,7-8,15H2. The lowest BCUT2D eigenvalue weighted by molar-refractivity contribution is 0.145. The van der Waals surface area contributed by atoms with Gasteiger partial charge in [0, 0.05) is 0 Å². The molecule has 0 amide bonds. The zero-order valence-corrected chi connectivity index (χ0v) is 10.2. The van der Waals surface area contributed by atoms with Crippen LogP contribution in [-0.4, -0.2) is 6.54 Å². The molecule has 0 atom stereocenters. The Morgan fingerprint density at radius 1 is 1.40 bits per heavy atom. The molecule has 0 radical (unpaired) electrons. The van der Waals surface area contributed by atoms with Crippen LogP contribution in [0.5, 0.6) is 0 Å². The van der Waals surface area contributed by atoms with Crippen LogP contribution in [0.2, 0.25) is 0 Å². The highest BCUT2D eigenvalue weighted by molar-refractivity contribution is 9.10. The van der Waals surface area contributed by atoms with E-state index in [4.69, 9.17) is 5.73 Å². The lowest BCUT2D eigenvalue weighted by Crippen LogP contribution is -2.39. The highest BCUT2D eigenvalue weighted by Crippen LogP contribution is 2.42. The van der Waals surface area contributed by atoms with E-state index >= 15 is 0 Å². The van der Waals surface area contributed by atoms with Crippen LogP contribution in [0, 0.1) is 11.2 Å². The molecular weight excluding hydrogens is 257 g/mol. The van der Waals surface area contributed by atoms with Gasteiger partial charge in [-0.05, 0) is 64.8 Å². The number of nitrogens with two attached hydrogens (primary N) is 1. The second kappa shape index (κ2) is 4.22. The van der Waals surface area contributed by atoms with Crippen LogP contribution in [-0.2, 0) is 6.42 Å². The van der Waals surface area contributed by atoms with Gasteiger partial charge in [-0.25, -0.2) is 4.39 Å². The largest absolute Gasteiger partial charge is 0.330 e. The first-order valence-electron chi connectivity index (χ1n) is 5.29. The molecule has 3 heteroatoms. The van der Waals surface area contributed by atoms with Crippen LogP contribution in [0.15, 0.2) is 22.7 Å². The summed E-state index contributed by atoms with van der Waals surface area (Å²) in [6.45, 7) is 0.738. The molecular formula is C12H15BrFN. The molecule has 0 spiro atoms. The van der Waals surface area contributed by atoms with Gasteiger partial charge in [-0.3, -0.25) is 0 Å². The average Bonchev–Trinajstić information content (AvgIpc) is 2.17. The zero-order chi connectivity index (χ0) is 10.9. The van der Waals surface area contributed by atoms with Crippen LogP contribution < -0.4 is 5.73 Å². The van der Waals surface area contributed by atoms with Gasteiger partial charge in [-0.15, -0.1) is 0 Å². The van der Waals surface area contributed by atoms with E-state index < -0.39 is 0 Å². The van der Waals surface area contributed by atoms with Crippen molar-refractivity contribution in [2.24, 2.45) is 11.1 Å². The van der Waals surface area contributed by atoms with E-state index in [1.807, 2.05) is 12.1 Å². The minimum Gasteiger partial charge on any atom is -0.330 e. The molecule has 1 fully saturated rings. The van der Waals surface area contributed by atoms with Gasteiger partial charge in [-0.1, -0.05) is 12.5 Å². The Morgan fingerprint density at radius 2 is 2.13 bits per heavy atom. The fourth-order valence-electron chi connectivity index (χ4n) is 2.21. The summed E-state index contributed by atoms with van der Waals surface area (Å²) in [5.41, 5.74) is 7.26. The molecule has 1 nitrogen and oxygen atoms in total. The number of rotatable bonds is 3. The molecule has 0 aliphatic heterocycles. The van der Waals surface area contributed by atoms with Crippen molar-refractivity contribution in [2.45, 2.75) is 25.7 Å². The normalized spacial score (nSPS) is 18.6. The summed E-state index contributed by atoms with van der Waals surface area (Å²) in [6.07, 6.45) is 4.67. The van der Waals surface area contributed by atoms with Crippen molar-refractivity contribution in [3.05, 3.63) is 34.1 Å². The lowest BCUT2D eigenvalue weighted by Gasteiger charge is -2.41. The van der Waals surface area contributed by atoms with E-state index in [1.165, 1.54) is 30.9 Å². The molecule has 1 aromatic rings. The van der Waals surface area contributed by atoms with E-state index in [-0.39, 0.29) is 11.2 Å². The Morgan fingerprint density at radius 3 is 2.60 bits per heavy atom. The minimum atomic E-state index is -0.200. The summed E-state index contributed by atoms with van der Waals surface area (Å²) in [5.74, 6) is -0.200. The third kappa shape index (κ3) is 2.23. The highest BCUT2D eigenvalue weighted by atomic mass is 79.9. The summed E-state index contributed by atoms with van der Waals surface area (Å²) >= 11 is 3.21. The molecule has 0 heterocycles. The van der Waals surface area contributed by atoms with E-state index in [0.29, 0.717) is 4.47 Å². The van der Waals surface area contributed by atoms with Crippen molar-refractivity contribution in [2.75, 3.05) is 6.54 Å². The van der Waals surface area contributed by atoms with Crippen LogP contribution in [0.3, 0.4) is 0 Å². The van der Waals surface area contributed by atoms with Gasteiger partial charge in [0.15, 0.2) is 0 Å². The topological polar surface area (TPSA) is 26.0 Å². The number of benzene rings is 1. The predicted octanol–water partition coefficient (Wildman–Crippen LogP) is 3.26. The average molecular weight is 272 g/mol. The summed E-state index contributed by atoms with van der Waals surface area (Å²) < 4.78 is 13.6. The van der Waals surface area contributed by atoms with Crippen LogP contribution >= 0.6 is 15.9 Å². The van der Waals surface area contributed by atoms with Crippen molar-refractivity contribution >= 4 is 15.9 Å². The Bertz CT molecular complexity index is 355. The first-order valence-corrected chi connectivity index (χ1v) is 6.09. The molecule has 0 unspecified atom stereocenters. The summed E-state index contributed by atoms with van der Waals surface area (Å²) in [6, 6.07) is 5.24. The zero-order valence-electron chi connectivity index (χ0n) is 8.60. The fraction of sp³-hybridized carbons (Fsp3) is 0.500. The Balaban J connectivity index is 2.13. The van der Waals surface area contributed by atoms with Gasteiger partial charge >= 0.3 is 0 Å². The van der Waals surface area contributed by atoms with E-state index in [0.717, 1.165) is 13.0 Å². The number of hydrogen-bond acceptors (Lipinski definition) is 1. The van der Waals surface area contributed by atoms with Gasteiger partial charge in [-0.2, -0.15) is 0 Å². The maximum absolute atomic E-state index is 13.0. The van der Waals surface area contributed by atoms with Crippen molar-refractivity contribution in [3.8, 4) is 0 Å². The second-order valence-electron chi connectivity index (χ2n) is 4.48. The molecule has 2 rings (SSSR count). The van der Waals surface area contributed by atoms with Gasteiger partial charge in [0.05, 0.1) is 4.47 Å². The second-order valence-corrected chi connectivity index (χ2v) is 5.34. The van der Waals surface area contributed by atoms with Crippen molar-refractivity contribution < 1.29 is 4.39 Å². The SMILES string of the molecule is NCC1(Cc2ccc(F)c(Br)c2)CCC1. The maximum Gasteiger partial charge on any atom is 0.137 e. The molecule has 2 N–H and O–H groups in total. The van der Waals surface area contributed by atoms with Gasteiger partial charge < -0.3 is 5.73 Å². The molecule has 15 heavy (non-hydrogen) atoms. The molecule has 1 saturated carbocycles. The Hall–Kier alpha value is -0.410. The van der Waals surface area contributed by atoms with Gasteiger partial charge in [0.1, 0.15) is 5.82 Å². The molecule has 0 saturated heterocycles. The molecule has 0 aromatic heterocycles. The predicted molar refractivity (Wildman–Crippen MR) is 63.1 cm³/mol. The van der Waals surface area contributed by atoms with Crippen LogP contribution in [0.1, 0.15) is 24.8 Å². The first-order chi connectivity index (χ1) is 7.15. The van der Waals surface area contributed by atoms with E-state index in [2.05, 4.69) is 15.9 Å². The molecule has 0 bridgehead atoms. The van der Waals surface area contributed by atoms with Crippen molar-refractivity contribution in [1.82, 2.24) is 0 Å². The smallest absolute Gasteiger partial charge is 0.137 e. The van der Waals surface area contributed by atoms with Crippen LogP contribution in [0.4, 0.5) is 4.39 Å². The summed E-state index contributed by atoms with van der Waals surface area (Å²) in [5, 5.41) is 0. The molecule has 1 aliphatic carbocycles. The monoisotopic (exact) mass is 271 g/mol. The molecule has 1 aromatic carbocycles. The van der Waals surface area contributed by atoms with Crippen LogP contribution in [0.25, 0.3) is 0 Å². The number of halogens is 2. The quantitative estimate of drug-likeness (QED) is 0.898. The Labute approximate surface area is 98.0 Å². The highest BCUT2D eigenvalue weighted by Gasteiger charge is 2.35. The first kappa shape index (κ1) is 11.1. The summed E-state index contributed by atoms with van der Waals surface area (Å²) in [7, 11) is 0. The Kier molecular flexibility index (Phi) is 3.12. The number of hydrogen-bond donors (Lipinski definition) is 1. The fourth-order valence-corrected chi connectivity index (χ4v) is 2.64. The van der Waals surface area contributed by atoms with Crippen molar-refractivity contribution in [1.29, 1.82) is 0 Å². The third-order valence-corrected chi connectivity index (χ3v) is 4.02. The third-order valence-electron chi connectivity index (χ3n) is 3.41. The summed E-state index contributed by atoms with van der Waals surface area (Å²) in [4.78, 5) is 0.